The number of rotatable bonds is 5. The lowest BCUT2D eigenvalue weighted by molar-refractivity contribution is -0.140. The molecule has 3 amide bonds. The molecule has 7 nitrogen and oxygen atoms in total. The predicted molar refractivity (Wildman–Crippen MR) is 55.2 cm³/mol. The van der Waals surface area contributed by atoms with Crippen molar-refractivity contribution in [3.63, 3.8) is 0 Å². The van der Waals surface area contributed by atoms with E-state index in [2.05, 4.69) is 11.2 Å². The van der Waals surface area contributed by atoms with Crippen molar-refractivity contribution in [3.05, 3.63) is 0 Å². The first-order valence-electron chi connectivity index (χ1n) is 4.34. The number of carboxylic acid groups (broad SMARTS) is 1. The SMILES string of the molecule is C#CCN(C)C(=O)N[C@H](CC(N)=O)C(=O)O. The Kier molecular flexibility index (Phi) is 5.41. The van der Waals surface area contributed by atoms with E-state index in [4.69, 9.17) is 17.3 Å². The Morgan fingerprint density at radius 3 is 2.50 bits per heavy atom. The molecular weight excluding hydrogens is 214 g/mol. The van der Waals surface area contributed by atoms with Crippen LogP contribution in [-0.2, 0) is 9.59 Å². The lowest BCUT2D eigenvalue weighted by Crippen LogP contribution is -2.48. The number of primary amides is 1. The normalized spacial score (nSPS) is 11.0. The molecule has 88 valence electrons. The van der Waals surface area contributed by atoms with Crippen molar-refractivity contribution in [1.29, 1.82) is 0 Å². The number of urea groups is 1. The van der Waals surface area contributed by atoms with Gasteiger partial charge in [-0.2, -0.15) is 0 Å². The lowest BCUT2D eigenvalue weighted by Gasteiger charge is -2.18. The summed E-state index contributed by atoms with van der Waals surface area (Å²) in [5.74, 6) is 0.0728. The smallest absolute Gasteiger partial charge is 0.326 e. The molecule has 0 unspecified atom stereocenters. The standard InChI is InChI=1S/C9H13N3O4/c1-3-4-12(2)9(16)11-6(8(14)15)5-7(10)13/h1,6H,4-5H2,2H3,(H2,10,13)(H,11,16)(H,14,15)/t6-/m1/s1. The van der Waals surface area contributed by atoms with E-state index in [1.165, 1.54) is 7.05 Å². The van der Waals surface area contributed by atoms with Crippen LogP contribution in [0.1, 0.15) is 6.42 Å². The van der Waals surface area contributed by atoms with Crippen molar-refractivity contribution in [2.75, 3.05) is 13.6 Å². The molecule has 0 aliphatic carbocycles. The van der Waals surface area contributed by atoms with E-state index in [-0.39, 0.29) is 6.54 Å². The number of amides is 3. The van der Waals surface area contributed by atoms with Gasteiger partial charge in [0.05, 0.1) is 13.0 Å². The maximum atomic E-state index is 11.3. The third kappa shape index (κ3) is 4.85. The quantitative estimate of drug-likeness (QED) is 0.501. The van der Waals surface area contributed by atoms with Gasteiger partial charge < -0.3 is 21.1 Å². The topological polar surface area (TPSA) is 113 Å². The highest BCUT2D eigenvalue weighted by molar-refractivity contribution is 5.87. The van der Waals surface area contributed by atoms with Crippen LogP contribution in [0.25, 0.3) is 0 Å². The summed E-state index contributed by atoms with van der Waals surface area (Å²) in [6, 6.07) is -2.02. The van der Waals surface area contributed by atoms with Gasteiger partial charge in [-0.25, -0.2) is 9.59 Å². The molecule has 0 heterocycles. The summed E-state index contributed by atoms with van der Waals surface area (Å²) < 4.78 is 0. The van der Waals surface area contributed by atoms with E-state index in [0.29, 0.717) is 0 Å². The zero-order valence-electron chi connectivity index (χ0n) is 8.77. The Balaban J connectivity index is 4.41. The number of terminal acetylenes is 1. The van der Waals surface area contributed by atoms with Gasteiger partial charge in [-0.3, -0.25) is 4.79 Å². The highest BCUT2D eigenvalue weighted by Gasteiger charge is 2.23. The Hall–Kier alpha value is -2.23. The first-order chi connectivity index (χ1) is 7.38. The fourth-order valence-electron chi connectivity index (χ4n) is 0.869. The molecule has 0 aliphatic heterocycles. The van der Waals surface area contributed by atoms with Crippen LogP contribution in [0.2, 0.25) is 0 Å². The molecule has 0 aromatic carbocycles. The molecule has 0 rings (SSSR count). The second-order valence-corrected chi connectivity index (χ2v) is 3.07. The zero-order chi connectivity index (χ0) is 12.7. The summed E-state index contributed by atoms with van der Waals surface area (Å²) in [6.45, 7) is 0.0365. The summed E-state index contributed by atoms with van der Waals surface area (Å²) in [5.41, 5.74) is 4.84. The van der Waals surface area contributed by atoms with Crippen LogP contribution < -0.4 is 11.1 Å². The minimum Gasteiger partial charge on any atom is -0.480 e. The largest absolute Gasteiger partial charge is 0.480 e. The molecule has 0 fully saturated rings. The van der Waals surface area contributed by atoms with Crippen LogP contribution in [0.4, 0.5) is 4.79 Å². The molecule has 16 heavy (non-hydrogen) atoms. The van der Waals surface area contributed by atoms with E-state index in [9.17, 15) is 14.4 Å². The molecule has 0 aromatic heterocycles. The summed E-state index contributed by atoms with van der Waals surface area (Å²) in [7, 11) is 1.40. The molecule has 4 N–H and O–H groups in total. The first kappa shape index (κ1) is 13.8. The maximum absolute atomic E-state index is 11.3. The Labute approximate surface area is 92.6 Å². The Morgan fingerprint density at radius 1 is 1.56 bits per heavy atom. The van der Waals surface area contributed by atoms with Crippen LogP contribution in [0.5, 0.6) is 0 Å². The van der Waals surface area contributed by atoms with Gasteiger partial charge in [0.2, 0.25) is 5.91 Å². The van der Waals surface area contributed by atoms with Gasteiger partial charge in [-0.15, -0.1) is 6.42 Å². The number of carbonyl (C=O) groups is 3. The molecule has 7 heteroatoms. The van der Waals surface area contributed by atoms with Crippen molar-refractivity contribution >= 4 is 17.9 Å². The molecule has 0 saturated carbocycles. The number of carbonyl (C=O) groups excluding carboxylic acids is 2. The van der Waals surface area contributed by atoms with Crippen LogP contribution in [-0.4, -0.2) is 47.5 Å². The number of hydrogen-bond acceptors (Lipinski definition) is 3. The van der Waals surface area contributed by atoms with Crippen molar-refractivity contribution in [3.8, 4) is 12.3 Å². The van der Waals surface area contributed by atoms with E-state index in [0.717, 1.165) is 4.90 Å². The number of nitrogens with one attached hydrogen (secondary N) is 1. The van der Waals surface area contributed by atoms with Crippen LogP contribution in [0.3, 0.4) is 0 Å². The molecular formula is C9H13N3O4. The Bertz CT molecular complexity index is 334. The van der Waals surface area contributed by atoms with Gasteiger partial charge in [0.1, 0.15) is 6.04 Å². The van der Waals surface area contributed by atoms with E-state index in [1.54, 1.807) is 0 Å². The van der Waals surface area contributed by atoms with Gasteiger partial charge >= 0.3 is 12.0 Å². The van der Waals surface area contributed by atoms with Gasteiger partial charge in [0.25, 0.3) is 0 Å². The fourth-order valence-corrected chi connectivity index (χ4v) is 0.869. The highest BCUT2D eigenvalue weighted by atomic mass is 16.4. The van der Waals surface area contributed by atoms with Crippen LogP contribution in [0, 0.1) is 12.3 Å². The molecule has 0 aliphatic rings. The lowest BCUT2D eigenvalue weighted by atomic mass is 10.2. The molecule has 0 spiro atoms. The second kappa shape index (κ2) is 6.29. The Morgan fingerprint density at radius 2 is 2.12 bits per heavy atom. The minimum absolute atomic E-state index is 0.0365. The van der Waals surface area contributed by atoms with E-state index < -0.39 is 30.4 Å². The van der Waals surface area contributed by atoms with E-state index >= 15 is 0 Å². The van der Waals surface area contributed by atoms with Crippen LogP contribution in [0.15, 0.2) is 0 Å². The number of aliphatic carboxylic acids is 1. The summed E-state index contributed by atoms with van der Waals surface area (Å²) >= 11 is 0. The number of nitrogens with zero attached hydrogens (tertiary/aromatic N) is 1. The van der Waals surface area contributed by atoms with Crippen molar-refractivity contribution in [1.82, 2.24) is 10.2 Å². The summed E-state index contributed by atoms with van der Waals surface area (Å²) in [5, 5.41) is 10.8. The average Bonchev–Trinajstić information content (AvgIpc) is 2.16. The monoisotopic (exact) mass is 227 g/mol. The molecule has 0 saturated heterocycles. The average molecular weight is 227 g/mol. The van der Waals surface area contributed by atoms with Crippen molar-refractivity contribution < 1.29 is 19.5 Å². The van der Waals surface area contributed by atoms with Crippen LogP contribution >= 0.6 is 0 Å². The number of carboxylic acids is 1. The van der Waals surface area contributed by atoms with E-state index in [1.807, 2.05) is 0 Å². The fraction of sp³-hybridized carbons (Fsp3) is 0.444. The van der Waals surface area contributed by atoms with Crippen molar-refractivity contribution in [2.24, 2.45) is 5.73 Å². The third-order valence-electron chi connectivity index (χ3n) is 1.68. The summed E-state index contributed by atoms with van der Waals surface area (Å²) in [4.78, 5) is 33.7. The summed E-state index contributed by atoms with van der Waals surface area (Å²) in [6.07, 6.45) is 4.51. The predicted octanol–water partition coefficient (Wildman–Crippen LogP) is -1.41. The third-order valence-corrected chi connectivity index (χ3v) is 1.68. The second-order valence-electron chi connectivity index (χ2n) is 3.07. The molecule has 0 radical (unpaired) electrons. The first-order valence-corrected chi connectivity index (χ1v) is 4.34. The van der Waals surface area contributed by atoms with Gasteiger partial charge in [-0.1, -0.05) is 5.92 Å². The molecule has 0 bridgehead atoms. The number of nitrogens with two attached hydrogens (primary N) is 1. The highest BCUT2D eigenvalue weighted by Crippen LogP contribution is 1.94. The molecule has 0 aromatic rings. The number of hydrogen-bond donors (Lipinski definition) is 3. The maximum Gasteiger partial charge on any atom is 0.326 e. The zero-order valence-corrected chi connectivity index (χ0v) is 8.77. The van der Waals surface area contributed by atoms with Gasteiger partial charge in [0.15, 0.2) is 0 Å². The van der Waals surface area contributed by atoms with Gasteiger partial charge in [0, 0.05) is 7.05 Å². The minimum atomic E-state index is -1.34. The van der Waals surface area contributed by atoms with Gasteiger partial charge in [-0.05, 0) is 0 Å². The van der Waals surface area contributed by atoms with Crippen molar-refractivity contribution in [2.45, 2.75) is 12.5 Å². The molecule has 1 atom stereocenters.